The summed E-state index contributed by atoms with van der Waals surface area (Å²) in [6.45, 7) is 1.72. The molecular formula is C21H24N4O5. The summed E-state index contributed by atoms with van der Waals surface area (Å²) in [5.74, 6) is 0.778. The average molecular weight is 412 g/mol. The molecule has 0 amide bonds. The van der Waals surface area contributed by atoms with E-state index in [4.69, 9.17) is 9.47 Å². The van der Waals surface area contributed by atoms with Gasteiger partial charge in [-0.25, -0.2) is 14.3 Å². The van der Waals surface area contributed by atoms with Gasteiger partial charge in [0, 0.05) is 13.5 Å². The molecule has 4 rings (SSSR count). The van der Waals surface area contributed by atoms with E-state index >= 15 is 0 Å². The third kappa shape index (κ3) is 3.87. The Morgan fingerprint density at radius 1 is 1.17 bits per heavy atom. The van der Waals surface area contributed by atoms with Crippen LogP contribution in [0.2, 0.25) is 0 Å². The summed E-state index contributed by atoms with van der Waals surface area (Å²) >= 11 is 0. The van der Waals surface area contributed by atoms with Crippen LogP contribution in [0.15, 0.2) is 42.5 Å². The zero-order valence-corrected chi connectivity index (χ0v) is 16.7. The van der Waals surface area contributed by atoms with Gasteiger partial charge in [-0.05, 0) is 31.2 Å². The van der Waals surface area contributed by atoms with E-state index < -0.39 is 30.4 Å². The first-order valence-electron chi connectivity index (χ1n) is 9.74. The second-order valence-corrected chi connectivity index (χ2v) is 7.24. The second-order valence-electron chi connectivity index (χ2n) is 7.24. The number of rotatable bonds is 6. The SMILES string of the molecule is CNc1ccc2c(C)nc(C[C@@H]3O[C@H](COC(=O)c4ccccc4)[C@@H](O)[C@H]3O)n2n1. The Kier molecular flexibility index (Phi) is 5.67. The molecule has 9 nitrogen and oxygen atoms in total. The Balaban J connectivity index is 1.45. The summed E-state index contributed by atoms with van der Waals surface area (Å²) in [6.07, 6.45) is -3.59. The summed E-state index contributed by atoms with van der Waals surface area (Å²) in [7, 11) is 1.78. The van der Waals surface area contributed by atoms with E-state index in [-0.39, 0.29) is 13.0 Å². The molecule has 1 aliphatic heterocycles. The Bertz CT molecular complexity index is 1040. The highest BCUT2D eigenvalue weighted by Crippen LogP contribution is 2.25. The zero-order valence-electron chi connectivity index (χ0n) is 16.7. The fraction of sp³-hybridized carbons (Fsp3) is 0.381. The van der Waals surface area contributed by atoms with Gasteiger partial charge in [-0.1, -0.05) is 18.2 Å². The van der Waals surface area contributed by atoms with Crippen molar-refractivity contribution in [3.63, 3.8) is 0 Å². The summed E-state index contributed by atoms with van der Waals surface area (Å²) in [5.41, 5.74) is 2.07. The van der Waals surface area contributed by atoms with E-state index in [1.54, 1.807) is 41.9 Å². The number of nitrogens with zero attached hydrogens (tertiary/aromatic N) is 3. The van der Waals surface area contributed by atoms with Crippen LogP contribution >= 0.6 is 0 Å². The number of fused-ring (bicyclic) bond motifs is 1. The van der Waals surface area contributed by atoms with Crippen LogP contribution in [0.1, 0.15) is 21.9 Å². The number of benzene rings is 1. The maximum atomic E-state index is 12.1. The smallest absolute Gasteiger partial charge is 0.338 e. The van der Waals surface area contributed by atoms with E-state index in [0.717, 1.165) is 11.2 Å². The van der Waals surface area contributed by atoms with Crippen LogP contribution in [0, 0.1) is 6.92 Å². The highest BCUT2D eigenvalue weighted by atomic mass is 16.6. The Morgan fingerprint density at radius 2 is 1.90 bits per heavy atom. The summed E-state index contributed by atoms with van der Waals surface area (Å²) in [5, 5.41) is 28.3. The number of carbonyl (C=O) groups is 1. The van der Waals surface area contributed by atoms with E-state index in [2.05, 4.69) is 15.4 Å². The van der Waals surface area contributed by atoms with Crippen molar-refractivity contribution in [2.24, 2.45) is 0 Å². The first kappa shape index (κ1) is 20.3. The standard InChI is InChI=1S/C21H24N4O5/c1-12-14-8-9-17(22-2)24-25(14)18(23-12)10-15-19(26)20(27)16(30-15)11-29-21(28)13-6-4-3-5-7-13/h3-9,15-16,19-20,26-27H,10-11H2,1-2H3,(H,22,24)/t15-,16+,19-,20+/m0/s1. The average Bonchev–Trinajstić information content (AvgIpc) is 3.23. The molecule has 30 heavy (non-hydrogen) atoms. The number of carbonyl (C=O) groups excluding carboxylic acids is 1. The molecule has 1 saturated heterocycles. The molecule has 0 bridgehead atoms. The van der Waals surface area contributed by atoms with Crippen LogP contribution in [-0.2, 0) is 15.9 Å². The van der Waals surface area contributed by atoms with E-state index in [0.29, 0.717) is 17.2 Å². The molecule has 4 atom stereocenters. The Morgan fingerprint density at radius 3 is 2.63 bits per heavy atom. The fourth-order valence-electron chi connectivity index (χ4n) is 3.59. The summed E-state index contributed by atoms with van der Waals surface area (Å²) in [6, 6.07) is 12.3. The summed E-state index contributed by atoms with van der Waals surface area (Å²) in [4.78, 5) is 16.7. The Labute approximate surface area is 173 Å². The lowest BCUT2D eigenvalue weighted by atomic mass is 10.1. The topological polar surface area (TPSA) is 118 Å². The van der Waals surface area contributed by atoms with Crippen molar-refractivity contribution in [1.82, 2.24) is 14.6 Å². The van der Waals surface area contributed by atoms with Gasteiger partial charge in [-0.2, -0.15) is 0 Å². The van der Waals surface area contributed by atoms with E-state index in [1.807, 2.05) is 19.1 Å². The molecule has 158 valence electrons. The van der Waals surface area contributed by atoms with Crippen molar-refractivity contribution >= 4 is 17.3 Å². The second kappa shape index (κ2) is 8.39. The van der Waals surface area contributed by atoms with Gasteiger partial charge in [0.15, 0.2) is 0 Å². The molecule has 9 heteroatoms. The highest BCUT2D eigenvalue weighted by Gasteiger charge is 2.43. The van der Waals surface area contributed by atoms with Crippen LogP contribution in [0.5, 0.6) is 0 Å². The van der Waals surface area contributed by atoms with Crippen LogP contribution in [0.25, 0.3) is 5.52 Å². The highest BCUT2D eigenvalue weighted by molar-refractivity contribution is 5.89. The van der Waals surface area contributed by atoms with Crippen LogP contribution in [-0.4, -0.2) is 68.9 Å². The molecule has 3 aromatic rings. The lowest BCUT2D eigenvalue weighted by Gasteiger charge is -2.14. The lowest BCUT2D eigenvalue weighted by molar-refractivity contribution is -0.0336. The predicted octanol–water partition coefficient (Wildman–Crippen LogP) is 0.968. The lowest BCUT2D eigenvalue weighted by Crippen LogP contribution is -2.35. The first-order chi connectivity index (χ1) is 14.5. The van der Waals surface area contributed by atoms with Crippen molar-refractivity contribution < 1.29 is 24.5 Å². The number of aryl methyl sites for hydroxylation is 1. The molecule has 1 fully saturated rings. The molecule has 3 N–H and O–H groups in total. The van der Waals surface area contributed by atoms with Crippen LogP contribution in [0.3, 0.4) is 0 Å². The number of hydrogen-bond donors (Lipinski definition) is 3. The van der Waals surface area contributed by atoms with E-state index in [1.165, 1.54) is 0 Å². The number of hydrogen-bond acceptors (Lipinski definition) is 8. The molecule has 0 radical (unpaired) electrons. The largest absolute Gasteiger partial charge is 0.459 e. The maximum Gasteiger partial charge on any atom is 0.338 e. The van der Waals surface area contributed by atoms with Crippen molar-refractivity contribution in [3.8, 4) is 0 Å². The molecule has 3 heterocycles. The van der Waals surface area contributed by atoms with Crippen molar-refractivity contribution in [2.45, 2.75) is 37.8 Å². The number of esters is 1. The molecular weight excluding hydrogens is 388 g/mol. The molecule has 0 saturated carbocycles. The van der Waals surface area contributed by atoms with Gasteiger partial charge >= 0.3 is 5.97 Å². The maximum absolute atomic E-state index is 12.1. The van der Waals surface area contributed by atoms with Gasteiger partial charge in [0.25, 0.3) is 0 Å². The number of nitrogens with one attached hydrogen (secondary N) is 1. The minimum absolute atomic E-state index is 0.161. The molecule has 0 aliphatic carbocycles. The quantitative estimate of drug-likeness (QED) is 0.513. The van der Waals surface area contributed by atoms with Gasteiger partial charge in [-0.15, -0.1) is 5.10 Å². The molecule has 0 unspecified atom stereocenters. The molecule has 1 aliphatic rings. The van der Waals surface area contributed by atoms with Gasteiger partial charge in [-0.3, -0.25) is 0 Å². The zero-order chi connectivity index (χ0) is 21.3. The van der Waals surface area contributed by atoms with Crippen molar-refractivity contribution in [1.29, 1.82) is 0 Å². The van der Waals surface area contributed by atoms with Crippen molar-refractivity contribution in [2.75, 3.05) is 19.0 Å². The molecule has 1 aromatic carbocycles. The molecule has 2 aromatic heterocycles. The van der Waals surface area contributed by atoms with Gasteiger partial charge in [0.2, 0.25) is 0 Å². The monoisotopic (exact) mass is 412 g/mol. The summed E-state index contributed by atoms with van der Waals surface area (Å²) < 4.78 is 12.8. The number of aliphatic hydroxyl groups excluding tert-OH is 2. The minimum Gasteiger partial charge on any atom is -0.459 e. The minimum atomic E-state index is -1.17. The number of imidazole rings is 1. The van der Waals surface area contributed by atoms with Gasteiger partial charge < -0.3 is 25.0 Å². The Hall–Kier alpha value is -3.01. The van der Waals surface area contributed by atoms with Crippen molar-refractivity contribution in [3.05, 3.63) is 59.5 Å². The number of aromatic nitrogens is 3. The van der Waals surface area contributed by atoms with E-state index in [9.17, 15) is 15.0 Å². The predicted molar refractivity (Wildman–Crippen MR) is 108 cm³/mol. The number of ether oxygens (including phenoxy) is 2. The third-order valence-electron chi connectivity index (χ3n) is 5.24. The molecule has 0 spiro atoms. The number of aliphatic hydroxyl groups is 2. The normalized spacial score (nSPS) is 23.6. The fourth-order valence-corrected chi connectivity index (χ4v) is 3.59. The van der Waals surface area contributed by atoms with Crippen LogP contribution in [0.4, 0.5) is 5.82 Å². The first-order valence-corrected chi connectivity index (χ1v) is 9.74. The van der Waals surface area contributed by atoms with Gasteiger partial charge in [0.05, 0.1) is 22.9 Å². The number of anilines is 1. The third-order valence-corrected chi connectivity index (χ3v) is 5.24. The van der Waals surface area contributed by atoms with Gasteiger partial charge in [0.1, 0.15) is 36.6 Å². The van der Waals surface area contributed by atoms with Crippen LogP contribution < -0.4 is 5.32 Å².